The SMILES string of the molecule is NC(=O)c1cccc(CN2C(=O)C(=O)N(CC(=O)O)C2=O)c1. The summed E-state index contributed by atoms with van der Waals surface area (Å²) in [5, 5.41) is 8.64. The first-order valence-electron chi connectivity index (χ1n) is 6.09. The summed E-state index contributed by atoms with van der Waals surface area (Å²) in [6.45, 7) is -1.15. The van der Waals surface area contributed by atoms with Crippen LogP contribution in [-0.4, -0.2) is 51.2 Å². The van der Waals surface area contributed by atoms with Crippen molar-refractivity contribution in [3.05, 3.63) is 35.4 Å². The number of urea groups is 1. The third-order valence-electron chi connectivity index (χ3n) is 2.98. The van der Waals surface area contributed by atoms with Gasteiger partial charge in [-0.3, -0.25) is 24.1 Å². The van der Waals surface area contributed by atoms with Gasteiger partial charge < -0.3 is 10.8 Å². The second-order valence-corrected chi connectivity index (χ2v) is 4.52. The maximum Gasteiger partial charge on any atom is 0.335 e. The monoisotopic (exact) mass is 305 g/mol. The van der Waals surface area contributed by atoms with E-state index in [1.54, 1.807) is 0 Å². The molecule has 1 aromatic rings. The minimum absolute atomic E-state index is 0.185. The van der Waals surface area contributed by atoms with Gasteiger partial charge in [-0.15, -0.1) is 0 Å². The number of carboxylic acid groups (broad SMARTS) is 1. The van der Waals surface area contributed by atoms with E-state index >= 15 is 0 Å². The number of primary amides is 1. The van der Waals surface area contributed by atoms with Crippen molar-refractivity contribution in [2.24, 2.45) is 5.73 Å². The van der Waals surface area contributed by atoms with E-state index < -0.39 is 36.3 Å². The molecule has 0 atom stereocenters. The Morgan fingerprint density at radius 1 is 1.09 bits per heavy atom. The topological polar surface area (TPSA) is 138 Å². The van der Waals surface area contributed by atoms with Crippen LogP contribution in [-0.2, 0) is 20.9 Å². The molecule has 22 heavy (non-hydrogen) atoms. The lowest BCUT2D eigenvalue weighted by Gasteiger charge is -2.14. The van der Waals surface area contributed by atoms with Gasteiger partial charge in [-0.25, -0.2) is 9.69 Å². The molecule has 3 N–H and O–H groups in total. The molecule has 0 aromatic heterocycles. The molecule has 1 aromatic carbocycles. The predicted molar refractivity (Wildman–Crippen MR) is 70.3 cm³/mol. The van der Waals surface area contributed by atoms with Crippen LogP contribution in [0.1, 0.15) is 15.9 Å². The van der Waals surface area contributed by atoms with Gasteiger partial charge in [0.1, 0.15) is 6.54 Å². The molecular weight excluding hydrogens is 294 g/mol. The molecule has 1 aliphatic heterocycles. The first-order valence-corrected chi connectivity index (χ1v) is 6.09. The van der Waals surface area contributed by atoms with Crippen LogP contribution in [0.3, 0.4) is 0 Å². The molecule has 9 heteroatoms. The fourth-order valence-electron chi connectivity index (χ4n) is 1.97. The zero-order chi connectivity index (χ0) is 16.4. The Bertz CT molecular complexity index is 699. The smallest absolute Gasteiger partial charge is 0.335 e. The van der Waals surface area contributed by atoms with Crippen LogP contribution in [0.2, 0.25) is 0 Å². The van der Waals surface area contributed by atoms with Crippen molar-refractivity contribution >= 4 is 29.7 Å². The van der Waals surface area contributed by atoms with Crippen molar-refractivity contribution in [3.63, 3.8) is 0 Å². The Labute approximate surface area is 123 Å². The molecule has 1 heterocycles. The van der Waals surface area contributed by atoms with E-state index in [0.717, 1.165) is 0 Å². The molecule has 5 amide bonds. The number of rotatable bonds is 5. The van der Waals surface area contributed by atoms with E-state index in [1.165, 1.54) is 24.3 Å². The Morgan fingerprint density at radius 2 is 1.73 bits per heavy atom. The number of nitrogens with two attached hydrogens (primary N) is 1. The molecule has 0 spiro atoms. The molecule has 114 valence electrons. The summed E-state index contributed by atoms with van der Waals surface area (Å²) < 4.78 is 0. The van der Waals surface area contributed by atoms with E-state index in [9.17, 15) is 24.0 Å². The Balaban J connectivity index is 2.22. The summed E-state index contributed by atoms with van der Waals surface area (Å²) in [7, 11) is 0. The molecule has 0 saturated carbocycles. The highest BCUT2D eigenvalue weighted by Crippen LogP contribution is 2.16. The number of benzene rings is 1. The number of nitrogens with zero attached hydrogens (tertiary/aromatic N) is 2. The van der Waals surface area contributed by atoms with E-state index in [0.29, 0.717) is 15.4 Å². The van der Waals surface area contributed by atoms with Crippen molar-refractivity contribution < 1.29 is 29.1 Å². The van der Waals surface area contributed by atoms with Crippen LogP contribution in [0.25, 0.3) is 0 Å². The second kappa shape index (κ2) is 5.64. The molecule has 2 rings (SSSR count). The van der Waals surface area contributed by atoms with Gasteiger partial charge >= 0.3 is 23.8 Å². The fraction of sp³-hybridized carbons (Fsp3) is 0.154. The average Bonchev–Trinajstić information content (AvgIpc) is 2.65. The first kappa shape index (κ1) is 15.2. The van der Waals surface area contributed by atoms with Gasteiger partial charge in [-0.05, 0) is 17.7 Å². The number of aliphatic carboxylic acids is 1. The normalized spacial score (nSPS) is 14.6. The van der Waals surface area contributed by atoms with Crippen LogP contribution in [0.4, 0.5) is 4.79 Å². The summed E-state index contributed by atoms with van der Waals surface area (Å²) in [4.78, 5) is 58.0. The molecule has 0 radical (unpaired) electrons. The van der Waals surface area contributed by atoms with Gasteiger partial charge in [0.05, 0.1) is 6.54 Å². The molecule has 1 fully saturated rings. The molecule has 9 nitrogen and oxygen atoms in total. The van der Waals surface area contributed by atoms with E-state index in [-0.39, 0.29) is 12.1 Å². The third kappa shape index (κ3) is 2.77. The maximum atomic E-state index is 11.9. The van der Waals surface area contributed by atoms with Crippen molar-refractivity contribution in [1.82, 2.24) is 9.80 Å². The minimum atomic E-state index is -1.41. The van der Waals surface area contributed by atoms with Crippen LogP contribution < -0.4 is 5.73 Å². The number of amides is 5. The lowest BCUT2D eigenvalue weighted by molar-refractivity contribution is -0.146. The Kier molecular flexibility index (Phi) is 3.89. The number of hydrogen-bond donors (Lipinski definition) is 2. The van der Waals surface area contributed by atoms with Gasteiger partial charge in [0.2, 0.25) is 5.91 Å². The highest BCUT2D eigenvalue weighted by molar-refractivity contribution is 6.44. The summed E-state index contributed by atoms with van der Waals surface area (Å²) in [6, 6.07) is 4.88. The predicted octanol–water partition coefficient (Wildman–Crippen LogP) is -0.839. The maximum absolute atomic E-state index is 11.9. The van der Waals surface area contributed by atoms with Crippen LogP contribution in [0.15, 0.2) is 24.3 Å². The zero-order valence-corrected chi connectivity index (χ0v) is 11.2. The minimum Gasteiger partial charge on any atom is -0.480 e. The lowest BCUT2D eigenvalue weighted by Crippen LogP contribution is -2.36. The van der Waals surface area contributed by atoms with Gasteiger partial charge in [0.25, 0.3) is 0 Å². The Hall–Kier alpha value is -3.23. The molecule has 0 aliphatic carbocycles. The number of carbonyl (C=O) groups excluding carboxylic acids is 4. The van der Waals surface area contributed by atoms with Crippen molar-refractivity contribution in [2.75, 3.05) is 6.54 Å². The van der Waals surface area contributed by atoms with E-state index in [2.05, 4.69) is 0 Å². The van der Waals surface area contributed by atoms with E-state index in [1.807, 2.05) is 0 Å². The molecule has 0 bridgehead atoms. The summed E-state index contributed by atoms with van der Waals surface area (Å²) in [5.74, 6) is -4.40. The molecular formula is C13H11N3O6. The molecule has 0 unspecified atom stereocenters. The quantitative estimate of drug-likeness (QED) is 0.537. The second-order valence-electron chi connectivity index (χ2n) is 4.52. The van der Waals surface area contributed by atoms with Crippen LogP contribution >= 0.6 is 0 Å². The lowest BCUT2D eigenvalue weighted by atomic mass is 10.1. The third-order valence-corrected chi connectivity index (χ3v) is 2.98. The largest absolute Gasteiger partial charge is 0.480 e. The Morgan fingerprint density at radius 3 is 2.32 bits per heavy atom. The highest BCUT2D eigenvalue weighted by atomic mass is 16.4. The number of carboxylic acids is 1. The summed E-state index contributed by atoms with van der Waals surface area (Å²) in [6.07, 6.45) is 0. The number of hydrogen-bond acceptors (Lipinski definition) is 5. The van der Waals surface area contributed by atoms with Gasteiger partial charge in [-0.2, -0.15) is 0 Å². The number of carbonyl (C=O) groups is 5. The standard InChI is InChI=1S/C13H11N3O6/c14-10(19)8-3-1-2-7(4-8)5-15-11(20)12(21)16(13(15)22)6-9(17)18/h1-4H,5-6H2,(H2,14,19)(H,17,18). The van der Waals surface area contributed by atoms with Gasteiger partial charge in [-0.1, -0.05) is 12.1 Å². The van der Waals surface area contributed by atoms with Crippen LogP contribution in [0.5, 0.6) is 0 Å². The van der Waals surface area contributed by atoms with Crippen molar-refractivity contribution in [1.29, 1.82) is 0 Å². The average molecular weight is 305 g/mol. The van der Waals surface area contributed by atoms with Crippen LogP contribution in [0, 0.1) is 0 Å². The summed E-state index contributed by atoms with van der Waals surface area (Å²) in [5.41, 5.74) is 5.72. The highest BCUT2D eigenvalue weighted by Gasteiger charge is 2.45. The van der Waals surface area contributed by atoms with E-state index in [4.69, 9.17) is 10.8 Å². The zero-order valence-electron chi connectivity index (χ0n) is 11.2. The number of imide groups is 2. The van der Waals surface area contributed by atoms with Crippen molar-refractivity contribution in [3.8, 4) is 0 Å². The molecule has 1 saturated heterocycles. The first-order chi connectivity index (χ1) is 10.3. The van der Waals surface area contributed by atoms with Gasteiger partial charge in [0, 0.05) is 5.56 Å². The fourth-order valence-corrected chi connectivity index (χ4v) is 1.97. The van der Waals surface area contributed by atoms with Gasteiger partial charge in [0.15, 0.2) is 0 Å². The summed E-state index contributed by atoms with van der Waals surface area (Å²) >= 11 is 0. The van der Waals surface area contributed by atoms with Crippen molar-refractivity contribution in [2.45, 2.75) is 6.54 Å². The molecule has 1 aliphatic rings.